The molecule has 1 aromatic heterocycles. The maximum Gasteiger partial charge on any atom is 0.481 e. The van der Waals surface area contributed by atoms with Crippen LogP contribution in [0.15, 0.2) is 53.5 Å². The van der Waals surface area contributed by atoms with Gasteiger partial charge in [-0.15, -0.1) is 0 Å². The van der Waals surface area contributed by atoms with Crippen molar-refractivity contribution < 1.29 is 71.0 Å². The molecule has 21 heteroatoms. The van der Waals surface area contributed by atoms with E-state index in [0.29, 0.717) is 31.5 Å². The molecule has 2 fully saturated rings. The maximum absolute atomic E-state index is 12.9. The summed E-state index contributed by atoms with van der Waals surface area (Å²) < 4.78 is 62.6. The summed E-state index contributed by atoms with van der Waals surface area (Å²) in [4.78, 5) is 62.0. The highest BCUT2D eigenvalue weighted by atomic mass is 31.3. The van der Waals surface area contributed by atoms with Crippen LogP contribution in [0.3, 0.4) is 0 Å². The van der Waals surface area contributed by atoms with Crippen LogP contribution in [0.2, 0.25) is 0 Å². The van der Waals surface area contributed by atoms with Crippen molar-refractivity contribution in [1.82, 2.24) is 9.55 Å². The van der Waals surface area contributed by atoms with E-state index >= 15 is 0 Å². The van der Waals surface area contributed by atoms with Crippen molar-refractivity contribution >= 4 is 33.4 Å². The van der Waals surface area contributed by atoms with E-state index in [-0.39, 0.29) is 18.7 Å². The van der Waals surface area contributed by atoms with Gasteiger partial charge < -0.3 is 44.7 Å². The summed E-state index contributed by atoms with van der Waals surface area (Å²) in [6.07, 6.45) is 34.0. The minimum absolute atomic E-state index is 0.0387. The number of esters is 2. The topological polar surface area (TPSA) is 278 Å². The number of aliphatic hydroxyl groups is 2. The molecule has 2 aliphatic rings. The van der Waals surface area contributed by atoms with Gasteiger partial charge in [0.05, 0.1) is 25.4 Å². The first-order valence-electron chi connectivity index (χ1n) is 27.5. The molecule has 0 amide bonds. The Morgan fingerprint density at radius 3 is 1.92 bits per heavy atom. The lowest BCUT2D eigenvalue weighted by Crippen LogP contribution is -2.36. The van der Waals surface area contributed by atoms with E-state index in [4.69, 9.17) is 33.7 Å². The summed E-state index contributed by atoms with van der Waals surface area (Å²) in [5, 5.41) is 20.9. The second-order valence-corrected chi connectivity index (χ2v) is 23.0. The van der Waals surface area contributed by atoms with Crippen LogP contribution in [0.1, 0.15) is 200 Å². The second-order valence-electron chi connectivity index (χ2n) is 20.0. The van der Waals surface area contributed by atoms with Gasteiger partial charge in [-0.3, -0.25) is 23.2 Å². The van der Waals surface area contributed by atoms with Crippen LogP contribution in [-0.4, -0.2) is 97.9 Å². The number of nitrogens with zero attached hydrogens (tertiary/aromatic N) is 2. The number of hydrogen-bond donors (Lipinski definition) is 5. The fourth-order valence-corrected chi connectivity index (χ4v) is 10.6. The first kappa shape index (κ1) is 65.2. The Morgan fingerprint density at radius 2 is 1.30 bits per heavy atom. The number of ether oxygens (including phenoxy) is 4. The Kier molecular flexibility index (Phi) is 33.2. The molecule has 0 aromatic carbocycles. The molecular weight excluding hydrogens is 997 g/mol. The van der Waals surface area contributed by atoms with E-state index in [1.807, 2.05) is 12.2 Å². The van der Waals surface area contributed by atoms with Crippen LogP contribution in [0, 0.1) is 5.92 Å². The van der Waals surface area contributed by atoms with E-state index in [2.05, 4.69) is 54.4 Å². The molecule has 424 valence electrons. The van der Waals surface area contributed by atoms with E-state index < -0.39 is 83.7 Å². The van der Waals surface area contributed by atoms with Gasteiger partial charge in [-0.2, -0.15) is 9.29 Å². The zero-order valence-corrected chi connectivity index (χ0v) is 46.3. The first-order valence-corrected chi connectivity index (χ1v) is 30.5. The number of allylic oxidation sites excluding steroid dienone is 5. The summed E-state index contributed by atoms with van der Waals surface area (Å²) in [5.41, 5.74) is 4.59. The molecule has 2 aliphatic heterocycles. The SMILES string of the molecule is CCCCCC1OC1C/C=C\C/C=C\C/C=C\CCCC(=O)OC[C@H](COP(=O)(O)OP(=O)(O)OC[C@H]1O[C@@H](n2ccc(N)nc2=O)[C@H](O)[C@@H]1O)OC(=O)CCCCCCCCCCCCCCCCCC(C)C. The minimum atomic E-state index is -5.44. The molecule has 0 aliphatic carbocycles. The third-order valence-corrected chi connectivity index (χ3v) is 15.4. The number of anilines is 1. The standard InChI is InChI=1S/C53H91N3O16P2/c1-4-5-27-33-44-45(70-44)34-29-24-20-16-13-14-17-21-25-30-35-48(57)66-39-43(69-49(58)36-31-26-22-18-12-10-8-6-7-9-11-15-19-23-28-32-42(2)3)40-67-73(62,63)72-74(64,65)68-41-46-50(59)51(60)52(71-46)56-38-37-47(54)55-53(56)61/h13,16-17,21,24,29,37-38,42-46,50-52,59-60H,4-12,14-15,18-20,22-23,25-28,30-36,39-41H2,1-3H3,(H,62,63)(H,64,65)(H2,54,55,61)/b16-13-,21-17-,29-24-/t43-,44?,45?,46-,50-,51-,52-/m1/s1. The molecule has 0 spiro atoms. The van der Waals surface area contributed by atoms with Crippen LogP contribution in [0.25, 0.3) is 0 Å². The zero-order chi connectivity index (χ0) is 54.0. The Labute approximate surface area is 440 Å². The highest BCUT2D eigenvalue weighted by Crippen LogP contribution is 2.60. The molecule has 3 heterocycles. The number of hydrogen-bond acceptors (Lipinski definition) is 16. The summed E-state index contributed by atoms with van der Waals surface area (Å²) in [5.74, 6) is -0.563. The van der Waals surface area contributed by atoms with Crippen molar-refractivity contribution in [3.63, 3.8) is 0 Å². The van der Waals surface area contributed by atoms with Gasteiger partial charge in [0.2, 0.25) is 0 Å². The minimum Gasteiger partial charge on any atom is -0.462 e. The third kappa shape index (κ3) is 30.0. The average molecular weight is 1090 g/mol. The molecule has 74 heavy (non-hydrogen) atoms. The molecule has 0 saturated carbocycles. The zero-order valence-electron chi connectivity index (χ0n) is 44.5. The highest BCUT2D eigenvalue weighted by molar-refractivity contribution is 7.61. The molecule has 9 atom stereocenters. The molecular formula is C53H91N3O16P2. The van der Waals surface area contributed by atoms with Gasteiger partial charge in [-0.1, -0.05) is 173 Å². The predicted molar refractivity (Wildman–Crippen MR) is 284 cm³/mol. The molecule has 6 N–H and O–H groups in total. The van der Waals surface area contributed by atoms with E-state index in [1.165, 1.54) is 96.0 Å². The number of phosphoric acid groups is 2. The van der Waals surface area contributed by atoms with Crippen LogP contribution in [-0.2, 0) is 51.0 Å². The monoisotopic (exact) mass is 1090 g/mol. The molecule has 1 aromatic rings. The second kappa shape index (κ2) is 37.7. The normalized spacial score (nSPS) is 21.9. The predicted octanol–water partition coefficient (Wildman–Crippen LogP) is 10.8. The molecule has 4 unspecified atom stereocenters. The third-order valence-electron chi connectivity index (χ3n) is 12.8. The summed E-state index contributed by atoms with van der Waals surface area (Å²) in [6, 6.07) is 1.25. The maximum atomic E-state index is 12.9. The number of nitrogen functional groups attached to an aromatic ring is 1. The quantitative estimate of drug-likeness (QED) is 0.0133. The van der Waals surface area contributed by atoms with Gasteiger partial charge in [0, 0.05) is 19.0 Å². The largest absolute Gasteiger partial charge is 0.481 e. The smallest absolute Gasteiger partial charge is 0.462 e. The first-order chi connectivity index (χ1) is 35.5. The Hall–Kier alpha value is -3.06. The lowest BCUT2D eigenvalue weighted by molar-refractivity contribution is -0.161. The number of carbonyl (C=O) groups excluding carboxylic acids is 2. The van der Waals surface area contributed by atoms with Crippen molar-refractivity contribution in [2.24, 2.45) is 5.92 Å². The fourth-order valence-electron chi connectivity index (χ4n) is 8.47. The molecule has 19 nitrogen and oxygen atoms in total. The van der Waals surface area contributed by atoms with Gasteiger partial charge in [0.1, 0.15) is 30.7 Å². The Bertz CT molecular complexity index is 1970. The van der Waals surface area contributed by atoms with Gasteiger partial charge in [0.15, 0.2) is 12.3 Å². The lowest BCUT2D eigenvalue weighted by Gasteiger charge is -2.21. The van der Waals surface area contributed by atoms with Gasteiger partial charge in [-0.25, -0.2) is 13.9 Å². The van der Waals surface area contributed by atoms with E-state index in [1.54, 1.807) is 0 Å². The summed E-state index contributed by atoms with van der Waals surface area (Å²) in [6.45, 7) is 4.42. The van der Waals surface area contributed by atoms with Gasteiger partial charge in [0.25, 0.3) is 0 Å². The van der Waals surface area contributed by atoms with Crippen LogP contribution < -0.4 is 11.4 Å². The molecule has 2 saturated heterocycles. The number of nitrogens with two attached hydrogens (primary N) is 1. The van der Waals surface area contributed by atoms with Crippen LogP contribution >= 0.6 is 15.6 Å². The Balaban J connectivity index is 1.38. The molecule has 0 bridgehead atoms. The number of aromatic nitrogens is 2. The number of epoxide rings is 1. The fraction of sp³-hybridized carbons (Fsp3) is 0.774. The van der Waals surface area contributed by atoms with Gasteiger partial charge >= 0.3 is 33.3 Å². The van der Waals surface area contributed by atoms with Gasteiger partial charge in [-0.05, 0) is 56.9 Å². The Morgan fingerprint density at radius 1 is 0.716 bits per heavy atom. The van der Waals surface area contributed by atoms with Crippen LogP contribution in [0.4, 0.5) is 5.82 Å². The summed E-state index contributed by atoms with van der Waals surface area (Å²) >= 11 is 0. The summed E-state index contributed by atoms with van der Waals surface area (Å²) in [7, 11) is -10.9. The highest BCUT2D eigenvalue weighted by Gasteiger charge is 2.46. The lowest BCUT2D eigenvalue weighted by atomic mass is 10.0. The average Bonchev–Trinajstić information content (AvgIpc) is 4.04. The molecule has 3 rings (SSSR count). The number of aliphatic hydroxyl groups excluding tert-OH is 2. The number of phosphoric ester groups is 2. The van der Waals surface area contributed by atoms with Crippen molar-refractivity contribution in [2.45, 2.75) is 237 Å². The molecule has 0 radical (unpaired) electrons. The van der Waals surface area contributed by atoms with Crippen molar-refractivity contribution in [1.29, 1.82) is 0 Å². The van der Waals surface area contributed by atoms with Crippen LogP contribution in [0.5, 0.6) is 0 Å². The number of carbonyl (C=O) groups is 2. The number of rotatable bonds is 44. The van der Waals surface area contributed by atoms with Crippen molar-refractivity contribution in [3.8, 4) is 0 Å². The van der Waals surface area contributed by atoms with E-state index in [0.717, 1.165) is 68.0 Å². The van der Waals surface area contributed by atoms with Crippen molar-refractivity contribution in [3.05, 3.63) is 59.2 Å². The van der Waals surface area contributed by atoms with Crippen molar-refractivity contribution in [2.75, 3.05) is 25.6 Å². The van der Waals surface area contributed by atoms with E-state index in [9.17, 15) is 43.5 Å². The number of unbranched alkanes of at least 4 members (excludes halogenated alkanes) is 17.